The molecule has 3 saturated heterocycles. The molecular formula is C13H20N2O2. The molecule has 4 heteroatoms. The summed E-state index contributed by atoms with van der Waals surface area (Å²) in [6.45, 7) is 2.30. The first-order chi connectivity index (χ1) is 8.27. The monoisotopic (exact) mass is 236 g/mol. The van der Waals surface area contributed by atoms with Gasteiger partial charge in [-0.25, -0.2) is 0 Å². The van der Waals surface area contributed by atoms with Crippen molar-refractivity contribution in [3.8, 4) is 0 Å². The van der Waals surface area contributed by atoms with Crippen LogP contribution in [0.4, 0.5) is 0 Å². The topological polar surface area (TPSA) is 40.6 Å². The third-order valence-corrected chi connectivity index (χ3v) is 4.48. The van der Waals surface area contributed by atoms with Crippen molar-refractivity contribution in [2.75, 3.05) is 13.1 Å². The van der Waals surface area contributed by atoms with Crippen LogP contribution in [0.1, 0.15) is 44.9 Å². The third-order valence-electron chi connectivity index (χ3n) is 4.48. The van der Waals surface area contributed by atoms with E-state index in [0.717, 1.165) is 32.4 Å². The number of carbonyl (C=O) groups excluding carboxylic acids is 2. The molecule has 0 spiro atoms. The Balaban J connectivity index is 1.80. The van der Waals surface area contributed by atoms with Gasteiger partial charge < -0.3 is 0 Å². The van der Waals surface area contributed by atoms with Crippen LogP contribution in [0.25, 0.3) is 0 Å². The first-order valence-electron chi connectivity index (χ1n) is 6.86. The van der Waals surface area contributed by atoms with E-state index in [2.05, 4.69) is 4.90 Å². The van der Waals surface area contributed by atoms with Crippen LogP contribution < -0.4 is 0 Å². The van der Waals surface area contributed by atoms with Crippen LogP contribution in [0.15, 0.2) is 0 Å². The van der Waals surface area contributed by atoms with Gasteiger partial charge in [0.25, 0.3) is 0 Å². The highest BCUT2D eigenvalue weighted by Crippen LogP contribution is 2.32. The summed E-state index contributed by atoms with van der Waals surface area (Å²) in [6.07, 6.45) is 6.67. The number of rotatable bonds is 1. The van der Waals surface area contributed by atoms with E-state index in [0.29, 0.717) is 18.9 Å². The zero-order valence-corrected chi connectivity index (χ0v) is 10.2. The summed E-state index contributed by atoms with van der Waals surface area (Å²) >= 11 is 0. The molecule has 0 N–H and O–H groups in total. The van der Waals surface area contributed by atoms with Crippen LogP contribution in [0.2, 0.25) is 0 Å². The van der Waals surface area contributed by atoms with E-state index < -0.39 is 0 Å². The lowest BCUT2D eigenvalue weighted by molar-refractivity contribution is -0.144. The fraction of sp³-hybridized carbons (Fsp3) is 0.846. The molecule has 0 saturated carbocycles. The van der Waals surface area contributed by atoms with Crippen LogP contribution in [0, 0.1) is 0 Å². The number of carbonyl (C=O) groups is 2. The Morgan fingerprint density at radius 3 is 2.24 bits per heavy atom. The maximum absolute atomic E-state index is 11.8. The Labute approximate surface area is 102 Å². The van der Waals surface area contributed by atoms with Crippen LogP contribution in [-0.4, -0.2) is 46.8 Å². The third kappa shape index (κ3) is 1.88. The number of nitrogens with zero attached hydrogens (tertiary/aromatic N) is 2. The van der Waals surface area contributed by atoms with Crippen LogP contribution in [0.3, 0.4) is 0 Å². The minimum Gasteiger partial charge on any atom is -0.298 e. The number of piperidine rings is 2. The van der Waals surface area contributed by atoms with Gasteiger partial charge in [-0.2, -0.15) is 0 Å². The maximum atomic E-state index is 11.8. The quantitative estimate of drug-likeness (QED) is 0.641. The van der Waals surface area contributed by atoms with E-state index in [1.807, 2.05) is 0 Å². The average Bonchev–Trinajstić information content (AvgIpc) is 2.69. The van der Waals surface area contributed by atoms with E-state index in [-0.39, 0.29) is 17.9 Å². The Morgan fingerprint density at radius 1 is 0.824 bits per heavy atom. The molecule has 2 atom stereocenters. The molecule has 94 valence electrons. The van der Waals surface area contributed by atoms with Crippen molar-refractivity contribution in [1.82, 2.24) is 9.80 Å². The SMILES string of the molecule is O=C1CCC(=O)N1[C@@H]1CCCN2CCCC[C@H]12. The first-order valence-corrected chi connectivity index (χ1v) is 6.86. The number of imide groups is 1. The molecule has 3 aliphatic rings. The Morgan fingerprint density at radius 2 is 1.47 bits per heavy atom. The van der Waals surface area contributed by atoms with Crippen molar-refractivity contribution in [1.29, 1.82) is 0 Å². The second-order valence-corrected chi connectivity index (χ2v) is 5.47. The summed E-state index contributed by atoms with van der Waals surface area (Å²) in [7, 11) is 0. The van der Waals surface area contributed by atoms with Gasteiger partial charge in [0.15, 0.2) is 0 Å². The van der Waals surface area contributed by atoms with Crippen LogP contribution >= 0.6 is 0 Å². The van der Waals surface area contributed by atoms with Crippen molar-refractivity contribution in [2.24, 2.45) is 0 Å². The van der Waals surface area contributed by atoms with Crippen LogP contribution in [0.5, 0.6) is 0 Å². The molecule has 4 nitrogen and oxygen atoms in total. The molecule has 0 aromatic rings. The maximum Gasteiger partial charge on any atom is 0.229 e. The summed E-state index contributed by atoms with van der Waals surface area (Å²) in [5.74, 6) is 0.125. The van der Waals surface area contributed by atoms with Crippen molar-refractivity contribution >= 4 is 11.8 Å². The van der Waals surface area contributed by atoms with Gasteiger partial charge in [0, 0.05) is 18.9 Å². The van der Waals surface area contributed by atoms with Gasteiger partial charge in [-0.1, -0.05) is 6.42 Å². The normalized spacial score (nSPS) is 35.2. The van der Waals surface area contributed by atoms with Gasteiger partial charge in [-0.05, 0) is 38.8 Å². The molecule has 0 aliphatic carbocycles. The highest BCUT2D eigenvalue weighted by Gasteiger charge is 2.42. The molecule has 0 aromatic carbocycles. The number of amides is 2. The molecule has 3 heterocycles. The Hall–Kier alpha value is -0.900. The van der Waals surface area contributed by atoms with Gasteiger partial charge in [-0.3, -0.25) is 19.4 Å². The second kappa shape index (κ2) is 4.41. The largest absolute Gasteiger partial charge is 0.298 e. The first kappa shape index (κ1) is 11.2. The molecule has 0 bridgehead atoms. The van der Waals surface area contributed by atoms with Crippen LogP contribution in [-0.2, 0) is 9.59 Å². The molecular weight excluding hydrogens is 216 g/mol. The predicted octanol–water partition coefficient (Wildman–Crippen LogP) is 1.15. The number of hydrogen-bond acceptors (Lipinski definition) is 3. The molecule has 3 aliphatic heterocycles. The fourth-order valence-electron chi connectivity index (χ4n) is 3.69. The highest BCUT2D eigenvalue weighted by atomic mass is 16.2. The molecule has 3 rings (SSSR count). The lowest BCUT2D eigenvalue weighted by Crippen LogP contribution is -2.58. The lowest BCUT2D eigenvalue weighted by Gasteiger charge is -2.46. The molecule has 0 unspecified atom stereocenters. The fourth-order valence-corrected chi connectivity index (χ4v) is 3.69. The summed E-state index contributed by atoms with van der Waals surface area (Å²) in [5, 5.41) is 0. The van der Waals surface area contributed by atoms with Gasteiger partial charge in [0.05, 0.1) is 6.04 Å². The van der Waals surface area contributed by atoms with Gasteiger partial charge in [0.2, 0.25) is 11.8 Å². The van der Waals surface area contributed by atoms with E-state index in [1.165, 1.54) is 12.8 Å². The number of likely N-dealkylation sites (tertiary alicyclic amines) is 1. The summed E-state index contributed by atoms with van der Waals surface area (Å²) in [4.78, 5) is 27.8. The van der Waals surface area contributed by atoms with Crippen molar-refractivity contribution in [3.63, 3.8) is 0 Å². The summed E-state index contributed by atoms with van der Waals surface area (Å²) in [6, 6.07) is 0.620. The molecule has 17 heavy (non-hydrogen) atoms. The average molecular weight is 236 g/mol. The number of fused-ring (bicyclic) bond motifs is 1. The van der Waals surface area contributed by atoms with Crippen molar-refractivity contribution in [3.05, 3.63) is 0 Å². The minimum absolute atomic E-state index is 0.0624. The molecule has 2 amide bonds. The summed E-state index contributed by atoms with van der Waals surface area (Å²) < 4.78 is 0. The van der Waals surface area contributed by atoms with Gasteiger partial charge in [-0.15, -0.1) is 0 Å². The standard InChI is InChI=1S/C13H20N2O2/c16-12-6-7-13(17)15(12)11-5-3-9-14-8-2-1-4-10(11)14/h10-11H,1-9H2/t10-,11-/m1/s1. The van der Waals surface area contributed by atoms with E-state index >= 15 is 0 Å². The highest BCUT2D eigenvalue weighted by molar-refractivity contribution is 6.02. The predicted molar refractivity (Wildman–Crippen MR) is 63.3 cm³/mol. The molecule has 0 radical (unpaired) electrons. The molecule has 0 aromatic heterocycles. The number of hydrogen-bond donors (Lipinski definition) is 0. The van der Waals surface area contributed by atoms with E-state index in [9.17, 15) is 9.59 Å². The van der Waals surface area contributed by atoms with Gasteiger partial charge in [0.1, 0.15) is 0 Å². The molecule has 3 fully saturated rings. The van der Waals surface area contributed by atoms with Crippen molar-refractivity contribution < 1.29 is 9.59 Å². The minimum atomic E-state index is 0.0624. The second-order valence-electron chi connectivity index (χ2n) is 5.47. The van der Waals surface area contributed by atoms with Crippen molar-refractivity contribution in [2.45, 2.75) is 57.0 Å². The lowest BCUT2D eigenvalue weighted by atomic mass is 9.88. The zero-order valence-electron chi connectivity index (χ0n) is 10.2. The summed E-state index contributed by atoms with van der Waals surface area (Å²) in [5.41, 5.74) is 0. The zero-order chi connectivity index (χ0) is 11.8. The Kier molecular flexibility index (Phi) is 2.90. The van der Waals surface area contributed by atoms with E-state index in [1.54, 1.807) is 4.90 Å². The smallest absolute Gasteiger partial charge is 0.229 e. The van der Waals surface area contributed by atoms with E-state index in [4.69, 9.17) is 0 Å². The van der Waals surface area contributed by atoms with Gasteiger partial charge >= 0.3 is 0 Å². The Bertz CT molecular complexity index is 324.